The molecule has 1 N–H and O–H groups in total. The molecule has 0 aliphatic carbocycles. The molecule has 0 aromatic carbocycles. The Labute approximate surface area is 329 Å². The number of ketones is 2. The first-order chi connectivity index (χ1) is 25.9. The van der Waals surface area contributed by atoms with Crippen LogP contribution in [0.2, 0.25) is 0 Å². The Hall–Kier alpha value is -1.76. The van der Waals surface area contributed by atoms with Crippen molar-refractivity contribution in [1.29, 1.82) is 0 Å². The molecule has 1 unspecified atom stereocenters. The molecule has 7 heteroatoms. The van der Waals surface area contributed by atoms with Gasteiger partial charge in [0, 0.05) is 26.9 Å². The zero-order chi connectivity index (χ0) is 39.0. The molecule has 0 bridgehead atoms. The summed E-state index contributed by atoms with van der Waals surface area (Å²) in [6.07, 6.45) is 39.1. The minimum Gasteiger partial charge on any atom is -0.466 e. The fourth-order valence-corrected chi connectivity index (χ4v) is 7.35. The summed E-state index contributed by atoms with van der Waals surface area (Å²) in [5, 5.41) is 3.09. The van der Waals surface area contributed by atoms with Gasteiger partial charge < -0.3 is 15.0 Å². The predicted octanol–water partition coefficient (Wildman–Crippen LogP) is 12.4. The van der Waals surface area contributed by atoms with Gasteiger partial charge in [-0.1, -0.05) is 181 Å². The van der Waals surface area contributed by atoms with E-state index in [2.05, 4.69) is 36.0 Å². The van der Waals surface area contributed by atoms with E-state index < -0.39 is 11.6 Å². The minimum atomic E-state index is -0.541. The largest absolute Gasteiger partial charge is 0.466 e. The van der Waals surface area contributed by atoms with Crippen molar-refractivity contribution >= 4 is 23.4 Å². The monoisotopic (exact) mass is 748 g/mol. The quantitative estimate of drug-likeness (QED) is 0.0220. The molecule has 0 aliphatic heterocycles. The normalized spacial score (nSPS) is 12.4. The molecule has 7 nitrogen and oxygen atoms in total. The third-order valence-electron chi connectivity index (χ3n) is 10.8. The van der Waals surface area contributed by atoms with Crippen LogP contribution in [0.5, 0.6) is 0 Å². The van der Waals surface area contributed by atoms with E-state index in [9.17, 15) is 14.4 Å². The van der Waals surface area contributed by atoms with Gasteiger partial charge in [-0.2, -0.15) is 0 Å². The zero-order valence-electron chi connectivity index (χ0n) is 36.1. The Balaban J connectivity index is 4.46. The van der Waals surface area contributed by atoms with E-state index in [1.54, 1.807) is 7.05 Å². The highest BCUT2D eigenvalue weighted by molar-refractivity contribution is 6.64. The maximum Gasteiger partial charge on any atom is 0.305 e. The van der Waals surface area contributed by atoms with Crippen LogP contribution in [0.1, 0.15) is 227 Å². The SMILES string of the molecule is CCCCCCCCCOC(=O)CCCCCCCN(CCCCCCCC(CCCCCC)CCCCCCC)CCCNC(=NC)C(=O)C(C)=O. The van der Waals surface area contributed by atoms with E-state index in [0.717, 1.165) is 64.1 Å². The standard InChI is InChI=1S/C46H89N3O4/c1-6-9-12-15-16-24-31-41-53-44(51)36-28-21-18-23-30-39-49(40-32-37-48-46(47-5)45(52)42(4)50)38-29-22-17-20-27-35-43(33-25-14-11-8-3)34-26-19-13-10-7-2/h43H,6-41H2,1-5H3,(H,47,48). The van der Waals surface area contributed by atoms with E-state index in [4.69, 9.17) is 4.74 Å². The molecule has 0 spiro atoms. The molecule has 0 radical (unpaired) electrons. The molecule has 0 aromatic heterocycles. The van der Waals surface area contributed by atoms with Crippen LogP contribution in [0, 0.1) is 5.92 Å². The summed E-state index contributed by atoms with van der Waals surface area (Å²) in [6.45, 7) is 12.5. The summed E-state index contributed by atoms with van der Waals surface area (Å²) in [6, 6.07) is 0. The van der Waals surface area contributed by atoms with Gasteiger partial charge >= 0.3 is 5.97 Å². The first-order valence-electron chi connectivity index (χ1n) is 23.0. The third kappa shape index (κ3) is 34.5. The van der Waals surface area contributed by atoms with Crippen molar-refractivity contribution < 1.29 is 19.1 Å². The van der Waals surface area contributed by atoms with Crippen LogP contribution >= 0.6 is 0 Å². The van der Waals surface area contributed by atoms with Gasteiger partial charge in [-0.25, -0.2) is 0 Å². The maximum atomic E-state index is 12.1. The second-order valence-corrected chi connectivity index (χ2v) is 15.9. The first-order valence-corrected chi connectivity index (χ1v) is 23.0. The Morgan fingerprint density at radius 3 is 1.45 bits per heavy atom. The number of ether oxygens (including phenoxy) is 1. The topological polar surface area (TPSA) is 88.1 Å². The Morgan fingerprint density at radius 2 is 0.962 bits per heavy atom. The van der Waals surface area contributed by atoms with Gasteiger partial charge in [0.1, 0.15) is 0 Å². The number of hydrogen-bond donors (Lipinski definition) is 1. The number of amidine groups is 1. The molecule has 1 atom stereocenters. The lowest BCUT2D eigenvalue weighted by atomic mass is 9.89. The molecule has 0 saturated heterocycles. The summed E-state index contributed by atoms with van der Waals surface area (Å²) in [5.41, 5.74) is 0. The molecule has 0 aromatic rings. The number of nitrogens with one attached hydrogen (secondary N) is 1. The fraction of sp³-hybridized carbons (Fsp3) is 0.913. The van der Waals surface area contributed by atoms with E-state index in [1.807, 2.05) is 0 Å². The molecule has 312 valence electrons. The summed E-state index contributed by atoms with van der Waals surface area (Å²) >= 11 is 0. The van der Waals surface area contributed by atoms with Gasteiger partial charge in [-0.3, -0.25) is 19.4 Å². The van der Waals surface area contributed by atoms with Gasteiger partial charge in [0.05, 0.1) is 6.61 Å². The van der Waals surface area contributed by atoms with Crippen LogP contribution in [0.4, 0.5) is 0 Å². The van der Waals surface area contributed by atoms with Crippen LogP contribution in [0.3, 0.4) is 0 Å². The molecule has 0 saturated carbocycles. The Morgan fingerprint density at radius 1 is 0.547 bits per heavy atom. The van der Waals surface area contributed by atoms with Crippen LogP contribution in [0.15, 0.2) is 4.99 Å². The van der Waals surface area contributed by atoms with Crippen LogP contribution in [-0.2, 0) is 19.1 Å². The van der Waals surface area contributed by atoms with Crippen molar-refractivity contribution in [3.63, 3.8) is 0 Å². The van der Waals surface area contributed by atoms with Gasteiger partial charge in [0.2, 0.25) is 5.78 Å². The maximum absolute atomic E-state index is 12.1. The lowest BCUT2D eigenvalue weighted by molar-refractivity contribution is -0.143. The fourth-order valence-electron chi connectivity index (χ4n) is 7.35. The molecular weight excluding hydrogens is 659 g/mol. The van der Waals surface area contributed by atoms with Crippen LogP contribution in [0.25, 0.3) is 0 Å². The average molecular weight is 748 g/mol. The van der Waals surface area contributed by atoms with Gasteiger partial charge in [-0.15, -0.1) is 0 Å². The molecule has 0 fully saturated rings. The number of rotatable bonds is 41. The summed E-state index contributed by atoms with van der Waals surface area (Å²) < 4.78 is 5.45. The van der Waals surface area contributed by atoms with Crippen molar-refractivity contribution in [1.82, 2.24) is 10.2 Å². The van der Waals surface area contributed by atoms with E-state index in [1.165, 1.54) is 161 Å². The number of aliphatic imine (C=N–C) groups is 1. The lowest BCUT2D eigenvalue weighted by Gasteiger charge is -2.22. The smallest absolute Gasteiger partial charge is 0.305 e. The highest BCUT2D eigenvalue weighted by Crippen LogP contribution is 2.24. The molecule has 0 aliphatic rings. The molecule has 0 heterocycles. The van der Waals surface area contributed by atoms with E-state index in [0.29, 0.717) is 19.6 Å². The van der Waals surface area contributed by atoms with Gasteiger partial charge in [0.15, 0.2) is 5.84 Å². The third-order valence-corrected chi connectivity index (χ3v) is 10.8. The number of nitrogens with zero attached hydrogens (tertiary/aromatic N) is 2. The van der Waals surface area contributed by atoms with Crippen molar-refractivity contribution in [2.45, 2.75) is 227 Å². The summed E-state index contributed by atoms with van der Waals surface area (Å²) in [4.78, 5) is 42.3. The van der Waals surface area contributed by atoms with Gasteiger partial charge in [0.25, 0.3) is 5.78 Å². The number of esters is 1. The highest BCUT2D eigenvalue weighted by atomic mass is 16.5. The summed E-state index contributed by atoms with van der Waals surface area (Å²) in [7, 11) is 1.55. The van der Waals surface area contributed by atoms with Crippen molar-refractivity contribution in [3.05, 3.63) is 0 Å². The number of carbonyl (C=O) groups excluding carboxylic acids is 3. The molecule has 53 heavy (non-hydrogen) atoms. The molecule has 0 amide bonds. The second-order valence-electron chi connectivity index (χ2n) is 15.9. The van der Waals surface area contributed by atoms with E-state index >= 15 is 0 Å². The Kier molecular flexibility index (Phi) is 38.6. The molecular formula is C46H89N3O4. The number of Topliss-reactive ketones (excluding diaryl/α,β-unsaturated/α-hetero) is 2. The predicted molar refractivity (Wildman–Crippen MR) is 228 cm³/mol. The minimum absolute atomic E-state index is 0.0305. The van der Waals surface area contributed by atoms with Gasteiger partial charge in [-0.05, 0) is 57.7 Å². The Bertz CT molecular complexity index is 877. The van der Waals surface area contributed by atoms with Crippen LogP contribution in [-0.4, -0.2) is 68.1 Å². The van der Waals surface area contributed by atoms with Crippen molar-refractivity contribution in [2.24, 2.45) is 10.9 Å². The average Bonchev–Trinajstić information content (AvgIpc) is 3.15. The van der Waals surface area contributed by atoms with Crippen molar-refractivity contribution in [2.75, 3.05) is 39.8 Å². The number of unbranched alkanes of at least 4 members (excludes halogenated alkanes) is 21. The number of hydrogen-bond acceptors (Lipinski definition) is 6. The highest BCUT2D eigenvalue weighted by Gasteiger charge is 2.15. The lowest BCUT2D eigenvalue weighted by Crippen LogP contribution is -2.37. The second kappa shape index (κ2) is 39.9. The van der Waals surface area contributed by atoms with Crippen LogP contribution < -0.4 is 5.32 Å². The van der Waals surface area contributed by atoms with E-state index in [-0.39, 0.29) is 11.8 Å². The summed E-state index contributed by atoms with van der Waals surface area (Å²) in [5.74, 6) is 0.0585. The number of carbonyl (C=O) groups is 3. The zero-order valence-corrected chi connectivity index (χ0v) is 36.1. The molecule has 0 rings (SSSR count). The first kappa shape index (κ1) is 51.2. The van der Waals surface area contributed by atoms with Crippen molar-refractivity contribution in [3.8, 4) is 0 Å².